The fourth-order valence-electron chi connectivity index (χ4n) is 2.62. The smallest absolute Gasteiger partial charge is 0.239 e. The van der Waals surface area contributed by atoms with Gasteiger partial charge in [0.1, 0.15) is 0 Å². The summed E-state index contributed by atoms with van der Waals surface area (Å²) in [7, 11) is 1.85. The van der Waals surface area contributed by atoms with E-state index in [1.54, 1.807) is 4.90 Å². The van der Waals surface area contributed by atoms with Crippen LogP contribution in [0.2, 0.25) is 0 Å². The van der Waals surface area contributed by atoms with Gasteiger partial charge in [0.05, 0.1) is 12.1 Å². The molecule has 0 aromatic rings. The van der Waals surface area contributed by atoms with E-state index in [1.165, 1.54) is 0 Å². The Morgan fingerprint density at radius 2 is 2.00 bits per heavy atom. The summed E-state index contributed by atoms with van der Waals surface area (Å²) in [5.74, 6) is 0.728. The van der Waals surface area contributed by atoms with Crippen LogP contribution in [0.5, 0.6) is 0 Å². The van der Waals surface area contributed by atoms with Gasteiger partial charge in [-0.15, -0.1) is 0 Å². The Morgan fingerprint density at radius 1 is 1.40 bits per heavy atom. The molecule has 0 aromatic heterocycles. The molecule has 0 heterocycles. The van der Waals surface area contributed by atoms with Gasteiger partial charge in [0.25, 0.3) is 0 Å². The number of hydrogen-bond acceptors (Lipinski definition) is 3. The highest BCUT2D eigenvalue weighted by Gasteiger charge is 2.49. The zero-order valence-corrected chi connectivity index (χ0v) is 14.2. The molecule has 1 N–H and O–H groups in total. The lowest BCUT2D eigenvalue weighted by molar-refractivity contribution is -0.139. The molecule has 118 valence electrons. The van der Waals surface area contributed by atoms with Crippen molar-refractivity contribution in [3.63, 3.8) is 0 Å². The van der Waals surface area contributed by atoms with Crippen LogP contribution in [0, 0.1) is 11.3 Å². The minimum absolute atomic E-state index is 0.0915. The largest absolute Gasteiger partial charge is 0.377 e. The summed E-state index contributed by atoms with van der Waals surface area (Å²) in [4.78, 5) is 13.8. The number of nitrogens with one attached hydrogen (secondary N) is 1. The quantitative estimate of drug-likeness (QED) is 0.780. The summed E-state index contributed by atoms with van der Waals surface area (Å²) in [5, 5.41) is 3.47. The first-order valence-electron chi connectivity index (χ1n) is 7.82. The Bertz CT molecular complexity index is 328. The molecule has 0 saturated heterocycles. The van der Waals surface area contributed by atoms with Crippen molar-refractivity contribution in [2.24, 2.45) is 11.3 Å². The SMILES string of the molecule is CCN(C)C(=O)C(C)NC1CC(OCC(C)C)C1(C)C. The molecule has 0 spiro atoms. The van der Waals surface area contributed by atoms with Crippen LogP contribution >= 0.6 is 0 Å². The number of likely N-dealkylation sites (N-methyl/N-ethyl adjacent to an activating group) is 1. The summed E-state index contributed by atoms with van der Waals surface area (Å²) < 4.78 is 5.96. The first-order valence-corrected chi connectivity index (χ1v) is 7.82. The summed E-state index contributed by atoms with van der Waals surface area (Å²) in [6.45, 7) is 14.3. The molecule has 1 aliphatic rings. The van der Waals surface area contributed by atoms with Crippen molar-refractivity contribution in [2.75, 3.05) is 20.2 Å². The van der Waals surface area contributed by atoms with E-state index in [0.29, 0.717) is 18.1 Å². The lowest BCUT2D eigenvalue weighted by atomic mass is 9.64. The summed E-state index contributed by atoms with van der Waals surface area (Å²) >= 11 is 0. The van der Waals surface area contributed by atoms with Crippen molar-refractivity contribution in [1.82, 2.24) is 10.2 Å². The molecule has 4 nitrogen and oxygen atoms in total. The Morgan fingerprint density at radius 3 is 2.45 bits per heavy atom. The third-order valence-electron chi connectivity index (χ3n) is 4.48. The second kappa shape index (κ2) is 6.90. The molecular formula is C16H32N2O2. The van der Waals surface area contributed by atoms with Gasteiger partial charge in [-0.2, -0.15) is 0 Å². The Labute approximate surface area is 124 Å². The second-order valence-corrected chi connectivity index (χ2v) is 7.07. The van der Waals surface area contributed by atoms with Crippen LogP contribution in [0.4, 0.5) is 0 Å². The molecule has 4 heteroatoms. The minimum Gasteiger partial charge on any atom is -0.377 e. The van der Waals surface area contributed by atoms with Gasteiger partial charge >= 0.3 is 0 Å². The van der Waals surface area contributed by atoms with E-state index in [4.69, 9.17) is 4.74 Å². The van der Waals surface area contributed by atoms with Gasteiger partial charge in [0.2, 0.25) is 5.91 Å². The Balaban J connectivity index is 2.45. The van der Waals surface area contributed by atoms with Crippen molar-refractivity contribution < 1.29 is 9.53 Å². The van der Waals surface area contributed by atoms with Gasteiger partial charge in [0.15, 0.2) is 0 Å². The van der Waals surface area contributed by atoms with Crippen LogP contribution in [0.25, 0.3) is 0 Å². The van der Waals surface area contributed by atoms with Crippen molar-refractivity contribution in [1.29, 1.82) is 0 Å². The zero-order chi connectivity index (χ0) is 15.5. The highest BCUT2D eigenvalue weighted by Crippen LogP contribution is 2.43. The number of ether oxygens (including phenoxy) is 1. The predicted molar refractivity (Wildman–Crippen MR) is 82.7 cm³/mol. The van der Waals surface area contributed by atoms with E-state index in [0.717, 1.165) is 19.6 Å². The molecule has 0 aromatic carbocycles. The summed E-state index contributed by atoms with van der Waals surface area (Å²) in [5.41, 5.74) is 0.0915. The maximum atomic E-state index is 12.1. The van der Waals surface area contributed by atoms with Gasteiger partial charge in [-0.1, -0.05) is 27.7 Å². The molecule has 1 saturated carbocycles. The molecular weight excluding hydrogens is 252 g/mol. The lowest BCUT2D eigenvalue weighted by Crippen LogP contribution is -2.64. The number of carbonyl (C=O) groups excluding carboxylic acids is 1. The molecule has 0 aliphatic heterocycles. The van der Waals surface area contributed by atoms with Gasteiger partial charge in [-0.3, -0.25) is 4.79 Å². The fraction of sp³-hybridized carbons (Fsp3) is 0.938. The van der Waals surface area contributed by atoms with Crippen LogP contribution < -0.4 is 5.32 Å². The number of rotatable bonds is 7. The maximum Gasteiger partial charge on any atom is 0.239 e. The molecule has 20 heavy (non-hydrogen) atoms. The monoisotopic (exact) mass is 284 g/mol. The summed E-state index contributed by atoms with van der Waals surface area (Å²) in [6.07, 6.45) is 1.29. The van der Waals surface area contributed by atoms with E-state index in [1.807, 2.05) is 20.9 Å². The highest BCUT2D eigenvalue weighted by atomic mass is 16.5. The molecule has 3 atom stereocenters. The van der Waals surface area contributed by atoms with Crippen molar-refractivity contribution in [3.05, 3.63) is 0 Å². The minimum atomic E-state index is -0.129. The molecule has 3 unspecified atom stereocenters. The molecule has 1 aliphatic carbocycles. The molecule has 1 rings (SSSR count). The number of carbonyl (C=O) groups is 1. The Hall–Kier alpha value is -0.610. The van der Waals surface area contributed by atoms with Crippen LogP contribution in [0.15, 0.2) is 0 Å². The normalized spacial score (nSPS) is 26.2. The topological polar surface area (TPSA) is 41.6 Å². The molecule has 0 bridgehead atoms. The molecule has 0 radical (unpaired) electrons. The van der Waals surface area contributed by atoms with E-state index < -0.39 is 0 Å². The van der Waals surface area contributed by atoms with Crippen molar-refractivity contribution >= 4 is 5.91 Å². The van der Waals surface area contributed by atoms with Gasteiger partial charge in [-0.25, -0.2) is 0 Å². The molecule has 1 amide bonds. The number of nitrogens with zero attached hydrogens (tertiary/aromatic N) is 1. The standard InChI is InChI=1S/C16H32N2O2/c1-8-18(7)15(19)12(4)17-13-9-14(16(13,5)6)20-10-11(2)3/h11-14,17H,8-10H2,1-7H3. The van der Waals surface area contributed by atoms with Crippen LogP contribution in [-0.4, -0.2) is 49.2 Å². The average molecular weight is 284 g/mol. The second-order valence-electron chi connectivity index (χ2n) is 7.07. The first kappa shape index (κ1) is 17.4. The van der Waals surface area contributed by atoms with E-state index in [2.05, 4.69) is 33.0 Å². The van der Waals surface area contributed by atoms with Crippen molar-refractivity contribution in [2.45, 2.75) is 66.2 Å². The highest BCUT2D eigenvalue weighted by molar-refractivity contribution is 5.81. The average Bonchev–Trinajstić information content (AvgIpc) is 2.39. The predicted octanol–water partition coefficient (Wildman–Crippen LogP) is 2.28. The third-order valence-corrected chi connectivity index (χ3v) is 4.48. The Kier molecular flexibility index (Phi) is 6.02. The van der Waals surface area contributed by atoms with Gasteiger partial charge in [-0.05, 0) is 26.2 Å². The third kappa shape index (κ3) is 3.95. The first-order chi connectivity index (χ1) is 9.20. The van der Waals surface area contributed by atoms with Crippen LogP contribution in [0.3, 0.4) is 0 Å². The molecule has 1 fully saturated rings. The van der Waals surface area contributed by atoms with E-state index in [-0.39, 0.29) is 17.4 Å². The van der Waals surface area contributed by atoms with E-state index in [9.17, 15) is 4.79 Å². The van der Waals surface area contributed by atoms with Gasteiger partial charge < -0.3 is 15.0 Å². The zero-order valence-electron chi connectivity index (χ0n) is 14.2. The fourth-order valence-corrected chi connectivity index (χ4v) is 2.62. The number of amides is 1. The van der Waals surface area contributed by atoms with E-state index >= 15 is 0 Å². The van der Waals surface area contributed by atoms with Crippen LogP contribution in [-0.2, 0) is 9.53 Å². The number of hydrogen-bond donors (Lipinski definition) is 1. The lowest BCUT2D eigenvalue weighted by Gasteiger charge is -2.53. The van der Waals surface area contributed by atoms with Crippen molar-refractivity contribution in [3.8, 4) is 0 Å². The summed E-state index contributed by atoms with van der Waals surface area (Å²) in [6, 6.07) is 0.221. The van der Waals surface area contributed by atoms with Crippen LogP contribution in [0.1, 0.15) is 48.0 Å². The van der Waals surface area contributed by atoms with Gasteiger partial charge in [0, 0.05) is 31.7 Å². The maximum absolute atomic E-state index is 12.1.